The van der Waals surface area contributed by atoms with Gasteiger partial charge in [0.2, 0.25) is 0 Å². The van der Waals surface area contributed by atoms with E-state index in [1.165, 1.54) is 10.1 Å². The average Bonchev–Trinajstić information content (AvgIpc) is 3.16. The molecule has 0 amide bonds. The van der Waals surface area contributed by atoms with E-state index in [0.29, 0.717) is 12.1 Å². The molecule has 1 N–H and O–H groups in total. The monoisotopic (exact) mass is 389 g/mol. The highest BCUT2D eigenvalue weighted by Crippen LogP contribution is 2.21. The number of aliphatic hydroxyl groups is 1. The van der Waals surface area contributed by atoms with Gasteiger partial charge in [0.05, 0.1) is 24.9 Å². The van der Waals surface area contributed by atoms with Gasteiger partial charge in [0.1, 0.15) is 11.3 Å². The zero-order valence-electron chi connectivity index (χ0n) is 16.4. The molecule has 1 unspecified atom stereocenters. The van der Waals surface area contributed by atoms with Crippen LogP contribution in [0.1, 0.15) is 24.2 Å². The molecule has 0 spiro atoms. The molecule has 0 aliphatic rings. The summed E-state index contributed by atoms with van der Waals surface area (Å²) in [6.45, 7) is 4.70. The number of hydrogen-bond acceptors (Lipinski definition) is 4. The summed E-state index contributed by atoms with van der Waals surface area (Å²) in [5.41, 5.74) is 3.88. The Morgan fingerprint density at radius 2 is 1.79 bits per heavy atom. The fourth-order valence-corrected chi connectivity index (χ4v) is 3.28. The van der Waals surface area contributed by atoms with Crippen LogP contribution in [0.2, 0.25) is 0 Å². The molecule has 0 aliphatic heterocycles. The first-order valence-electron chi connectivity index (χ1n) is 9.62. The predicted octanol–water partition coefficient (Wildman–Crippen LogP) is 3.60. The molecule has 148 valence electrons. The van der Waals surface area contributed by atoms with Gasteiger partial charge in [0.25, 0.3) is 5.56 Å². The van der Waals surface area contributed by atoms with Crippen molar-refractivity contribution in [1.82, 2.24) is 14.2 Å². The van der Waals surface area contributed by atoms with Crippen LogP contribution in [-0.4, -0.2) is 25.9 Å². The van der Waals surface area contributed by atoms with Crippen molar-refractivity contribution in [3.63, 3.8) is 0 Å². The smallest absolute Gasteiger partial charge is 0.276 e. The van der Waals surface area contributed by atoms with E-state index < -0.39 is 6.10 Å². The lowest BCUT2D eigenvalue weighted by Gasteiger charge is -2.14. The Hall–Kier alpha value is -3.38. The molecule has 2 heterocycles. The number of fused-ring (bicyclic) bond motifs is 1. The molecule has 6 nitrogen and oxygen atoms in total. The van der Waals surface area contributed by atoms with Crippen molar-refractivity contribution in [3.8, 4) is 17.0 Å². The molecule has 4 rings (SSSR count). The maximum absolute atomic E-state index is 12.9. The quantitative estimate of drug-likeness (QED) is 0.547. The lowest BCUT2D eigenvalue weighted by Crippen LogP contribution is -2.24. The average molecular weight is 389 g/mol. The van der Waals surface area contributed by atoms with Gasteiger partial charge < -0.3 is 14.4 Å². The standard InChI is InChI=1S/C23H23N3O3/c1-3-29-19-10-8-18(9-11-19)22(27)15-25-12-13-26-21(23(25)28)14-20(24-26)17-6-4-16(2)5-7-17/h4-14,22,27H,3,15H2,1-2H3. The van der Waals surface area contributed by atoms with Crippen molar-refractivity contribution in [3.05, 3.63) is 88.5 Å². The van der Waals surface area contributed by atoms with Crippen LogP contribution in [0.5, 0.6) is 5.75 Å². The summed E-state index contributed by atoms with van der Waals surface area (Å²) in [4.78, 5) is 12.9. The molecule has 4 aromatic rings. The van der Waals surface area contributed by atoms with Crippen LogP contribution >= 0.6 is 0 Å². The van der Waals surface area contributed by atoms with Gasteiger partial charge >= 0.3 is 0 Å². The number of benzene rings is 2. The largest absolute Gasteiger partial charge is 0.494 e. The normalized spacial score (nSPS) is 12.2. The van der Waals surface area contributed by atoms with Crippen molar-refractivity contribution in [2.45, 2.75) is 26.5 Å². The second-order valence-electron chi connectivity index (χ2n) is 7.00. The second-order valence-corrected chi connectivity index (χ2v) is 7.00. The van der Waals surface area contributed by atoms with E-state index in [-0.39, 0.29) is 12.1 Å². The molecule has 0 radical (unpaired) electrons. The lowest BCUT2D eigenvalue weighted by atomic mass is 10.1. The van der Waals surface area contributed by atoms with Gasteiger partial charge in [-0.3, -0.25) is 4.79 Å². The molecule has 0 aliphatic carbocycles. The van der Waals surface area contributed by atoms with E-state index in [1.807, 2.05) is 62.4 Å². The van der Waals surface area contributed by atoms with E-state index in [1.54, 1.807) is 23.0 Å². The van der Waals surface area contributed by atoms with Crippen molar-refractivity contribution < 1.29 is 9.84 Å². The summed E-state index contributed by atoms with van der Waals surface area (Å²) >= 11 is 0. The van der Waals surface area contributed by atoms with E-state index in [2.05, 4.69) is 5.10 Å². The number of aryl methyl sites for hydroxylation is 1. The third-order valence-corrected chi connectivity index (χ3v) is 4.90. The Morgan fingerprint density at radius 1 is 1.07 bits per heavy atom. The molecule has 2 aromatic heterocycles. The Morgan fingerprint density at radius 3 is 2.48 bits per heavy atom. The van der Waals surface area contributed by atoms with Crippen LogP contribution in [0.15, 0.2) is 71.8 Å². The highest BCUT2D eigenvalue weighted by molar-refractivity contribution is 5.65. The molecule has 0 saturated carbocycles. The Balaban J connectivity index is 1.60. The maximum atomic E-state index is 12.9. The summed E-state index contributed by atoms with van der Waals surface area (Å²) in [6.07, 6.45) is 2.59. The van der Waals surface area contributed by atoms with Crippen molar-refractivity contribution in [1.29, 1.82) is 0 Å². The van der Waals surface area contributed by atoms with Crippen LogP contribution < -0.4 is 10.3 Å². The van der Waals surface area contributed by atoms with Gasteiger partial charge in [-0.05, 0) is 37.6 Å². The molecule has 2 aromatic carbocycles. The molecule has 6 heteroatoms. The van der Waals surface area contributed by atoms with Gasteiger partial charge in [-0.2, -0.15) is 5.10 Å². The van der Waals surface area contributed by atoms with Gasteiger partial charge in [-0.25, -0.2) is 4.52 Å². The summed E-state index contributed by atoms with van der Waals surface area (Å²) in [7, 11) is 0. The summed E-state index contributed by atoms with van der Waals surface area (Å²) in [6, 6.07) is 17.1. The number of hydrogen-bond donors (Lipinski definition) is 1. The predicted molar refractivity (Wildman–Crippen MR) is 112 cm³/mol. The third-order valence-electron chi connectivity index (χ3n) is 4.90. The van der Waals surface area contributed by atoms with Gasteiger partial charge in [-0.15, -0.1) is 0 Å². The van der Waals surface area contributed by atoms with Crippen LogP contribution in [0.25, 0.3) is 16.8 Å². The molecular weight excluding hydrogens is 366 g/mol. The minimum atomic E-state index is -0.801. The third kappa shape index (κ3) is 3.93. The molecular formula is C23H23N3O3. The maximum Gasteiger partial charge on any atom is 0.276 e. The minimum Gasteiger partial charge on any atom is -0.494 e. The molecule has 0 bridgehead atoms. The molecule has 29 heavy (non-hydrogen) atoms. The molecule has 0 saturated heterocycles. The van der Waals surface area contributed by atoms with Gasteiger partial charge in [-0.1, -0.05) is 42.0 Å². The van der Waals surface area contributed by atoms with Crippen LogP contribution in [0, 0.1) is 6.92 Å². The number of aliphatic hydroxyl groups excluding tert-OH is 1. The second kappa shape index (κ2) is 7.93. The zero-order chi connectivity index (χ0) is 20.4. The van der Waals surface area contributed by atoms with Crippen LogP contribution in [-0.2, 0) is 6.54 Å². The van der Waals surface area contributed by atoms with E-state index in [0.717, 1.165) is 22.6 Å². The highest BCUT2D eigenvalue weighted by Gasteiger charge is 2.13. The van der Waals surface area contributed by atoms with E-state index in [4.69, 9.17) is 4.74 Å². The molecule has 1 atom stereocenters. The Kier molecular flexibility index (Phi) is 5.18. The minimum absolute atomic E-state index is 0.161. The zero-order valence-corrected chi connectivity index (χ0v) is 16.4. The van der Waals surface area contributed by atoms with Crippen LogP contribution in [0.3, 0.4) is 0 Å². The topological polar surface area (TPSA) is 68.8 Å². The first kappa shape index (κ1) is 19.0. The first-order chi connectivity index (χ1) is 14.0. The Labute approximate surface area is 168 Å². The van der Waals surface area contributed by atoms with Crippen molar-refractivity contribution >= 4 is 5.52 Å². The van der Waals surface area contributed by atoms with Gasteiger partial charge in [0, 0.05) is 18.0 Å². The number of nitrogens with zero attached hydrogens (tertiary/aromatic N) is 3. The van der Waals surface area contributed by atoms with E-state index >= 15 is 0 Å². The summed E-state index contributed by atoms with van der Waals surface area (Å²) in [5, 5.41) is 15.1. The number of ether oxygens (including phenoxy) is 1. The fourth-order valence-electron chi connectivity index (χ4n) is 3.28. The fraction of sp³-hybridized carbons (Fsp3) is 0.217. The summed E-state index contributed by atoms with van der Waals surface area (Å²) < 4.78 is 8.52. The molecule has 0 fully saturated rings. The Bertz CT molecular complexity index is 1170. The lowest BCUT2D eigenvalue weighted by molar-refractivity contribution is 0.155. The van der Waals surface area contributed by atoms with Crippen LogP contribution in [0.4, 0.5) is 0 Å². The number of aromatic nitrogens is 3. The van der Waals surface area contributed by atoms with E-state index in [9.17, 15) is 9.90 Å². The van der Waals surface area contributed by atoms with Gasteiger partial charge in [0.15, 0.2) is 0 Å². The first-order valence-corrected chi connectivity index (χ1v) is 9.62. The van der Waals surface area contributed by atoms with Crippen molar-refractivity contribution in [2.75, 3.05) is 6.61 Å². The number of rotatable bonds is 6. The SMILES string of the molecule is CCOc1ccc(C(O)Cn2ccn3nc(-c4ccc(C)cc4)cc3c2=O)cc1. The highest BCUT2D eigenvalue weighted by atomic mass is 16.5. The summed E-state index contributed by atoms with van der Waals surface area (Å²) in [5.74, 6) is 0.755. The van der Waals surface area contributed by atoms with Crippen molar-refractivity contribution in [2.24, 2.45) is 0 Å².